The van der Waals surface area contributed by atoms with Crippen LogP contribution in [0.3, 0.4) is 0 Å². The van der Waals surface area contributed by atoms with Crippen LogP contribution in [0.15, 0.2) is 29.2 Å². The van der Waals surface area contributed by atoms with Crippen LogP contribution < -0.4 is 19.9 Å². The van der Waals surface area contributed by atoms with Crippen LogP contribution >= 0.6 is 11.8 Å². The van der Waals surface area contributed by atoms with Crippen LogP contribution in [-0.4, -0.2) is 31.0 Å². The van der Waals surface area contributed by atoms with Crippen LogP contribution in [0.5, 0.6) is 17.2 Å². The quantitative estimate of drug-likeness (QED) is 0.511. The monoisotopic (exact) mass is 455 g/mol. The fourth-order valence-corrected chi connectivity index (χ4v) is 4.45. The Morgan fingerprint density at radius 3 is 2.50 bits per heavy atom. The Kier molecular flexibility index (Phi) is 7.91. The zero-order chi connectivity index (χ0) is 23.3. The molecule has 0 radical (unpaired) electrons. The van der Waals surface area contributed by atoms with Crippen molar-refractivity contribution in [3.63, 3.8) is 0 Å². The van der Waals surface area contributed by atoms with Gasteiger partial charge in [0, 0.05) is 17.0 Å². The van der Waals surface area contributed by atoms with Gasteiger partial charge in [0.05, 0.1) is 6.61 Å². The highest BCUT2D eigenvalue weighted by molar-refractivity contribution is 8.15. The van der Waals surface area contributed by atoms with Gasteiger partial charge in [-0.1, -0.05) is 23.9 Å². The SMILES string of the molecule is CCOc1c(C)c(C)c2c(c1C)CCC(C)(COc1ccc(/C=C(/CN)SC=O)cc1)O2. The molecule has 0 saturated heterocycles. The van der Waals surface area contributed by atoms with E-state index in [0.717, 1.165) is 69.1 Å². The standard InChI is InChI=1S/C26H33NO4S/c1-6-29-24-17(2)18(3)25-23(19(24)4)11-12-26(5,31-25)15-30-21-9-7-20(8-10-21)13-22(14-27)32-16-28/h7-10,13,16H,6,11-12,14-15,27H2,1-5H3/b22-13-. The van der Waals surface area contributed by atoms with Gasteiger partial charge in [0.2, 0.25) is 0 Å². The number of carbonyl (C=O) groups is 1. The van der Waals surface area contributed by atoms with Gasteiger partial charge in [-0.15, -0.1) is 0 Å². The van der Waals surface area contributed by atoms with Crippen LogP contribution in [0, 0.1) is 20.8 Å². The molecule has 2 aromatic rings. The van der Waals surface area contributed by atoms with E-state index in [2.05, 4.69) is 27.7 Å². The number of fused-ring (bicyclic) bond motifs is 1. The summed E-state index contributed by atoms with van der Waals surface area (Å²) in [6.45, 7) is 11.9. The first-order chi connectivity index (χ1) is 15.3. The van der Waals surface area contributed by atoms with Crippen LogP contribution in [-0.2, 0) is 11.2 Å². The summed E-state index contributed by atoms with van der Waals surface area (Å²) in [4.78, 5) is 11.5. The molecule has 0 saturated carbocycles. The van der Waals surface area contributed by atoms with Gasteiger partial charge >= 0.3 is 0 Å². The van der Waals surface area contributed by atoms with Crippen molar-refractivity contribution in [2.24, 2.45) is 5.73 Å². The smallest absolute Gasteiger partial charge is 0.180 e. The van der Waals surface area contributed by atoms with E-state index >= 15 is 0 Å². The minimum absolute atomic E-state index is 0.337. The average Bonchev–Trinajstić information content (AvgIpc) is 2.79. The number of hydrogen-bond acceptors (Lipinski definition) is 6. The molecule has 5 nitrogen and oxygen atoms in total. The highest BCUT2D eigenvalue weighted by Crippen LogP contribution is 2.43. The normalized spacial score (nSPS) is 18.0. The highest BCUT2D eigenvalue weighted by atomic mass is 32.2. The van der Waals surface area contributed by atoms with E-state index in [-0.39, 0.29) is 0 Å². The summed E-state index contributed by atoms with van der Waals surface area (Å²) >= 11 is 1.10. The van der Waals surface area contributed by atoms with E-state index < -0.39 is 5.60 Å². The van der Waals surface area contributed by atoms with Gasteiger partial charge in [0.15, 0.2) is 5.62 Å². The predicted molar refractivity (Wildman–Crippen MR) is 132 cm³/mol. The molecule has 0 amide bonds. The molecule has 0 aliphatic carbocycles. The molecule has 1 heterocycles. The molecule has 1 aliphatic heterocycles. The maximum atomic E-state index is 10.7. The summed E-state index contributed by atoms with van der Waals surface area (Å²) in [7, 11) is 0. The highest BCUT2D eigenvalue weighted by Gasteiger charge is 2.35. The van der Waals surface area contributed by atoms with Gasteiger partial charge in [0.1, 0.15) is 29.5 Å². The van der Waals surface area contributed by atoms with Gasteiger partial charge in [0.25, 0.3) is 0 Å². The third-order valence-corrected chi connectivity index (χ3v) is 6.69. The maximum absolute atomic E-state index is 10.7. The fourth-order valence-electron chi connectivity index (χ4n) is 4.03. The Labute approximate surface area is 195 Å². The first-order valence-electron chi connectivity index (χ1n) is 11.0. The number of benzene rings is 2. The van der Waals surface area contributed by atoms with Gasteiger partial charge in [-0.25, -0.2) is 0 Å². The lowest BCUT2D eigenvalue weighted by Crippen LogP contribution is -2.42. The zero-order valence-corrected chi connectivity index (χ0v) is 20.4. The Bertz CT molecular complexity index is 1000. The van der Waals surface area contributed by atoms with E-state index in [1.165, 1.54) is 11.1 Å². The Balaban J connectivity index is 1.72. The van der Waals surface area contributed by atoms with E-state index in [4.69, 9.17) is 19.9 Å². The van der Waals surface area contributed by atoms with Gasteiger partial charge in [-0.05, 0) is 87.9 Å². The molecular weight excluding hydrogens is 422 g/mol. The van der Waals surface area contributed by atoms with E-state index in [1.807, 2.05) is 37.3 Å². The number of thioether (sulfide) groups is 1. The first kappa shape index (κ1) is 24.2. The molecule has 0 fully saturated rings. The van der Waals surface area contributed by atoms with Crippen molar-refractivity contribution in [1.82, 2.24) is 0 Å². The molecule has 2 aromatic carbocycles. The van der Waals surface area contributed by atoms with Crippen molar-refractivity contribution < 1.29 is 19.0 Å². The third-order valence-electron chi connectivity index (χ3n) is 6.00. The summed E-state index contributed by atoms with van der Waals surface area (Å²) in [5.74, 6) is 2.75. The zero-order valence-electron chi connectivity index (χ0n) is 19.6. The van der Waals surface area contributed by atoms with Crippen molar-refractivity contribution in [1.29, 1.82) is 0 Å². The second-order valence-corrected chi connectivity index (χ2v) is 9.34. The number of hydrogen-bond donors (Lipinski definition) is 1. The lowest BCUT2D eigenvalue weighted by Gasteiger charge is -2.38. The molecule has 32 heavy (non-hydrogen) atoms. The Morgan fingerprint density at radius 2 is 1.88 bits per heavy atom. The van der Waals surface area contributed by atoms with Crippen molar-refractivity contribution in [2.75, 3.05) is 19.8 Å². The van der Waals surface area contributed by atoms with Crippen LogP contribution in [0.2, 0.25) is 0 Å². The van der Waals surface area contributed by atoms with Gasteiger partial charge in [-0.3, -0.25) is 4.79 Å². The summed E-state index contributed by atoms with van der Waals surface area (Å²) in [5, 5.41) is 0. The molecular formula is C26H33NO4S. The summed E-state index contributed by atoms with van der Waals surface area (Å²) in [6.07, 6.45) is 3.72. The minimum Gasteiger partial charge on any atom is -0.493 e. The summed E-state index contributed by atoms with van der Waals surface area (Å²) < 4.78 is 18.6. The van der Waals surface area contributed by atoms with Crippen molar-refractivity contribution >= 4 is 23.5 Å². The molecule has 3 rings (SSSR count). The third kappa shape index (κ3) is 5.30. The second kappa shape index (κ2) is 10.5. The van der Waals surface area contributed by atoms with Crippen LogP contribution in [0.1, 0.15) is 48.1 Å². The molecule has 0 bridgehead atoms. The molecule has 1 aliphatic rings. The summed E-state index contributed by atoms with van der Waals surface area (Å²) in [6, 6.07) is 7.78. The molecule has 1 unspecified atom stereocenters. The molecule has 172 valence electrons. The minimum atomic E-state index is -0.407. The lowest BCUT2D eigenvalue weighted by atomic mass is 9.87. The largest absolute Gasteiger partial charge is 0.493 e. The van der Waals surface area contributed by atoms with E-state index in [1.54, 1.807) is 0 Å². The molecule has 6 heteroatoms. The van der Waals surface area contributed by atoms with Crippen molar-refractivity contribution in [3.8, 4) is 17.2 Å². The lowest BCUT2D eigenvalue weighted by molar-refractivity contribution is 0.0166. The Hall–Kier alpha value is -2.44. The van der Waals surface area contributed by atoms with E-state index in [9.17, 15) is 4.79 Å². The number of carbonyl (C=O) groups excluding carboxylic acids is 1. The van der Waals surface area contributed by atoms with Crippen LogP contribution in [0.25, 0.3) is 6.08 Å². The van der Waals surface area contributed by atoms with Crippen molar-refractivity contribution in [3.05, 3.63) is 57.0 Å². The topological polar surface area (TPSA) is 70.8 Å². The molecule has 0 aromatic heterocycles. The Morgan fingerprint density at radius 1 is 1.16 bits per heavy atom. The predicted octanol–water partition coefficient (Wildman–Crippen LogP) is 5.40. The second-order valence-electron chi connectivity index (χ2n) is 8.38. The maximum Gasteiger partial charge on any atom is 0.180 e. The average molecular weight is 456 g/mol. The van der Waals surface area contributed by atoms with Gasteiger partial charge < -0.3 is 19.9 Å². The molecule has 0 spiro atoms. The van der Waals surface area contributed by atoms with Gasteiger partial charge in [-0.2, -0.15) is 0 Å². The van der Waals surface area contributed by atoms with Crippen LogP contribution in [0.4, 0.5) is 0 Å². The molecule has 2 N–H and O–H groups in total. The molecule has 1 atom stereocenters. The number of rotatable bonds is 9. The van der Waals surface area contributed by atoms with Crippen molar-refractivity contribution in [2.45, 2.75) is 53.1 Å². The fraction of sp³-hybridized carbons (Fsp3) is 0.423. The first-order valence-corrected chi connectivity index (χ1v) is 11.9. The summed E-state index contributed by atoms with van der Waals surface area (Å²) in [5.41, 5.74) is 11.7. The number of ether oxygens (including phenoxy) is 3. The van der Waals surface area contributed by atoms with E-state index in [0.29, 0.717) is 19.8 Å². The number of nitrogens with two attached hydrogens (primary N) is 1.